The highest BCUT2D eigenvalue weighted by molar-refractivity contribution is 6.35. The lowest BCUT2D eigenvalue weighted by molar-refractivity contribution is 0.0708. The van der Waals surface area contributed by atoms with E-state index >= 15 is 0 Å². The summed E-state index contributed by atoms with van der Waals surface area (Å²) in [5.74, 6) is 0.534. The van der Waals surface area contributed by atoms with E-state index in [0.717, 1.165) is 29.6 Å². The van der Waals surface area contributed by atoms with Crippen LogP contribution in [0.4, 0.5) is 20.2 Å². The Balaban J connectivity index is 1.40. The second-order valence-electron chi connectivity index (χ2n) is 9.36. The van der Waals surface area contributed by atoms with Crippen molar-refractivity contribution in [2.24, 2.45) is 5.73 Å². The topological polar surface area (TPSA) is 75.8 Å². The summed E-state index contributed by atoms with van der Waals surface area (Å²) in [7, 11) is 0. The Bertz CT molecular complexity index is 1310. The summed E-state index contributed by atoms with van der Waals surface area (Å²) < 4.78 is 34.8. The molecule has 3 aromatic rings. The molecule has 3 aliphatic heterocycles. The van der Waals surface area contributed by atoms with E-state index in [-0.39, 0.29) is 11.9 Å². The molecule has 1 unspecified atom stereocenters. The van der Waals surface area contributed by atoms with Gasteiger partial charge in [0.25, 0.3) is 12.3 Å². The zero-order chi connectivity index (χ0) is 24.3. The van der Waals surface area contributed by atoms with E-state index in [0.29, 0.717) is 53.8 Å². The zero-order valence-corrected chi connectivity index (χ0v) is 19.8. The number of hydrogen-bond acceptors (Lipinski definition) is 5. The molecule has 1 amide bonds. The molecule has 1 saturated heterocycles. The summed E-state index contributed by atoms with van der Waals surface area (Å²) in [5.41, 5.74) is 9.48. The van der Waals surface area contributed by atoms with Gasteiger partial charge in [0.2, 0.25) is 0 Å². The quantitative estimate of drug-likeness (QED) is 0.552. The fourth-order valence-electron chi connectivity index (χ4n) is 5.57. The molecule has 1 fully saturated rings. The van der Waals surface area contributed by atoms with Crippen LogP contribution < -0.4 is 20.7 Å². The van der Waals surface area contributed by atoms with Gasteiger partial charge < -0.3 is 30.2 Å². The summed E-state index contributed by atoms with van der Waals surface area (Å²) in [6, 6.07) is 10.9. The van der Waals surface area contributed by atoms with Crippen molar-refractivity contribution in [2.45, 2.75) is 38.0 Å². The number of halogens is 3. The van der Waals surface area contributed by atoms with E-state index < -0.39 is 19.1 Å². The van der Waals surface area contributed by atoms with Crippen LogP contribution in [-0.4, -0.2) is 54.1 Å². The lowest BCUT2D eigenvalue weighted by Crippen LogP contribution is -2.45. The Morgan fingerprint density at radius 1 is 1.26 bits per heavy atom. The minimum Gasteiger partial charge on any atom is -0.489 e. The highest BCUT2D eigenvalue weighted by Gasteiger charge is 2.38. The van der Waals surface area contributed by atoms with Gasteiger partial charge in [-0.1, -0.05) is 23.7 Å². The number of piperidine rings is 1. The summed E-state index contributed by atoms with van der Waals surface area (Å²) in [6.07, 6.45) is -1.14. The predicted octanol–water partition coefficient (Wildman–Crippen LogP) is 4.45. The first-order chi connectivity index (χ1) is 16.9. The maximum absolute atomic E-state index is 13.6. The molecule has 0 radical (unpaired) electrons. The van der Waals surface area contributed by atoms with Crippen molar-refractivity contribution in [2.75, 3.05) is 36.5 Å². The van der Waals surface area contributed by atoms with Gasteiger partial charge in [-0.2, -0.15) is 0 Å². The van der Waals surface area contributed by atoms with Crippen LogP contribution in [0.3, 0.4) is 0 Å². The number of likely N-dealkylation sites (tertiary alicyclic amines) is 1. The molecule has 7 nitrogen and oxygen atoms in total. The van der Waals surface area contributed by atoms with Gasteiger partial charge in [0.15, 0.2) is 0 Å². The van der Waals surface area contributed by atoms with E-state index in [1.807, 2.05) is 24.3 Å². The van der Waals surface area contributed by atoms with Crippen molar-refractivity contribution >= 4 is 39.8 Å². The summed E-state index contributed by atoms with van der Waals surface area (Å²) in [5, 5.41) is 4.71. The monoisotopic (exact) mass is 501 g/mol. The molecule has 3 aliphatic rings. The molecule has 2 aromatic carbocycles. The van der Waals surface area contributed by atoms with Crippen LogP contribution in [0.2, 0.25) is 5.02 Å². The molecule has 0 spiro atoms. The highest BCUT2D eigenvalue weighted by Crippen LogP contribution is 2.50. The number of ether oxygens (including phenoxy) is 1. The van der Waals surface area contributed by atoms with Crippen molar-refractivity contribution in [3.05, 3.63) is 52.7 Å². The first-order valence-corrected chi connectivity index (χ1v) is 12.2. The van der Waals surface area contributed by atoms with Gasteiger partial charge >= 0.3 is 0 Å². The maximum Gasteiger partial charge on any atom is 0.256 e. The minimum atomic E-state index is -2.54. The molecule has 10 heteroatoms. The first kappa shape index (κ1) is 22.4. The van der Waals surface area contributed by atoms with Crippen molar-refractivity contribution in [3.63, 3.8) is 0 Å². The number of aromatic nitrogens is 1. The predicted molar refractivity (Wildman–Crippen MR) is 132 cm³/mol. The van der Waals surface area contributed by atoms with Crippen molar-refractivity contribution < 1.29 is 18.3 Å². The Morgan fingerprint density at radius 3 is 2.91 bits per heavy atom. The van der Waals surface area contributed by atoms with Crippen LogP contribution in [0.5, 0.6) is 5.75 Å². The van der Waals surface area contributed by atoms with Crippen LogP contribution in [0.1, 0.15) is 35.1 Å². The lowest BCUT2D eigenvalue weighted by atomic mass is 10.0. The van der Waals surface area contributed by atoms with Gasteiger partial charge in [0.05, 0.1) is 35.0 Å². The van der Waals surface area contributed by atoms with Gasteiger partial charge in [-0.05, 0) is 37.1 Å². The fourth-order valence-corrected chi connectivity index (χ4v) is 5.85. The SMILES string of the molecule is NC1CCCN(C(=O)c2cc3c4c(c2)OCCN4[C@H](c2cc4cccc(Cl)c4n2CC(F)F)N3)C1. The highest BCUT2D eigenvalue weighted by atomic mass is 35.5. The third-order valence-corrected chi connectivity index (χ3v) is 7.36. The number of para-hydroxylation sites is 1. The Labute approximate surface area is 206 Å². The van der Waals surface area contributed by atoms with Crippen LogP contribution in [0.25, 0.3) is 10.9 Å². The van der Waals surface area contributed by atoms with Gasteiger partial charge in [-0.15, -0.1) is 0 Å². The summed E-state index contributed by atoms with van der Waals surface area (Å²) in [4.78, 5) is 17.2. The zero-order valence-electron chi connectivity index (χ0n) is 19.0. The number of benzene rings is 2. The van der Waals surface area contributed by atoms with Crippen LogP contribution in [0, 0.1) is 0 Å². The van der Waals surface area contributed by atoms with Gasteiger partial charge in [0, 0.05) is 30.1 Å². The molecule has 3 N–H and O–H groups in total. The number of nitrogens with two attached hydrogens (primary N) is 1. The molecular formula is C25H26ClF2N5O2. The van der Waals surface area contributed by atoms with Gasteiger partial charge in [-0.3, -0.25) is 4.79 Å². The molecule has 1 aromatic heterocycles. The van der Waals surface area contributed by atoms with Crippen LogP contribution in [-0.2, 0) is 6.54 Å². The van der Waals surface area contributed by atoms with Gasteiger partial charge in [-0.25, -0.2) is 8.78 Å². The average molecular weight is 502 g/mol. The number of fused-ring (bicyclic) bond motifs is 1. The molecule has 2 atom stereocenters. The Kier molecular flexibility index (Phi) is 5.49. The first-order valence-electron chi connectivity index (χ1n) is 11.9. The molecule has 0 saturated carbocycles. The number of nitrogens with one attached hydrogen (secondary N) is 1. The number of rotatable bonds is 4. The molecule has 35 heavy (non-hydrogen) atoms. The molecule has 184 valence electrons. The number of amides is 1. The standard InChI is InChI=1S/C25H26ClF2N5O2/c26-17-5-1-3-14-10-19(33(22(14)17)13-21(27)28)24-30-18-9-15(11-20-23(18)32(24)7-8-35-20)25(34)31-6-2-4-16(29)12-31/h1,3,5,9-11,16,21,24,30H,2,4,6-8,12-13,29H2/t16?,24-/m1/s1. The average Bonchev–Trinajstić information content (AvgIpc) is 3.38. The summed E-state index contributed by atoms with van der Waals surface area (Å²) >= 11 is 6.43. The number of nitrogens with zero attached hydrogens (tertiary/aromatic N) is 3. The third kappa shape index (κ3) is 3.77. The maximum atomic E-state index is 13.6. The minimum absolute atomic E-state index is 0.0155. The van der Waals surface area contributed by atoms with Crippen LogP contribution >= 0.6 is 11.6 Å². The number of hydrogen-bond donors (Lipinski definition) is 2. The normalized spacial score (nSPS) is 21.3. The smallest absolute Gasteiger partial charge is 0.256 e. The second-order valence-corrected chi connectivity index (χ2v) is 9.77. The number of anilines is 2. The molecule has 6 rings (SSSR count). The van der Waals surface area contributed by atoms with E-state index in [4.69, 9.17) is 22.1 Å². The van der Waals surface area contributed by atoms with Crippen molar-refractivity contribution in [3.8, 4) is 5.75 Å². The summed E-state index contributed by atoms with van der Waals surface area (Å²) in [6.45, 7) is 1.75. The molecular weight excluding hydrogens is 476 g/mol. The van der Waals surface area contributed by atoms with Gasteiger partial charge in [0.1, 0.15) is 24.2 Å². The largest absolute Gasteiger partial charge is 0.489 e. The Hall–Kier alpha value is -3.04. The number of carbonyl (C=O) groups is 1. The Morgan fingerprint density at radius 2 is 2.11 bits per heavy atom. The van der Waals surface area contributed by atoms with E-state index in [1.165, 1.54) is 0 Å². The van der Waals surface area contributed by atoms with E-state index in [2.05, 4.69) is 10.2 Å². The van der Waals surface area contributed by atoms with E-state index in [9.17, 15) is 13.6 Å². The van der Waals surface area contributed by atoms with Crippen molar-refractivity contribution in [1.82, 2.24) is 9.47 Å². The van der Waals surface area contributed by atoms with Crippen molar-refractivity contribution in [1.29, 1.82) is 0 Å². The molecule has 0 bridgehead atoms. The molecule has 0 aliphatic carbocycles. The second kappa shape index (κ2) is 8.57. The third-order valence-electron chi connectivity index (χ3n) is 7.05. The fraction of sp³-hybridized carbons (Fsp3) is 0.400. The van der Waals surface area contributed by atoms with E-state index in [1.54, 1.807) is 21.6 Å². The molecule has 4 heterocycles. The lowest BCUT2D eigenvalue weighted by Gasteiger charge is -2.33. The van der Waals surface area contributed by atoms with Crippen LogP contribution in [0.15, 0.2) is 36.4 Å². The number of alkyl halides is 2. The number of carbonyl (C=O) groups excluding carboxylic acids is 1.